The molecule has 6 heteroatoms. The number of rotatable bonds is 8. The number of nitrogens with zero attached hydrogens (tertiary/aromatic N) is 2. The first-order valence-electron chi connectivity index (χ1n) is 10.3. The molecular formula is C25H24Cl2N2O2. The molecule has 0 spiro atoms. The summed E-state index contributed by atoms with van der Waals surface area (Å²) >= 11 is 12.1. The van der Waals surface area contributed by atoms with Crippen LogP contribution in [0.2, 0.25) is 10.0 Å². The molecule has 1 aliphatic heterocycles. The normalized spacial score (nSPS) is 16.6. The maximum atomic E-state index is 6.08. The fourth-order valence-corrected chi connectivity index (χ4v) is 3.87. The third-order valence-corrected chi connectivity index (χ3v) is 5.92. The number of para-hydroxylation sites is 1. The molecule has 1 heterocycles. The number of benzene rings is 3. The lowest BCUT2D eigenvalue weighted by Crippen LogP contribution is -2.22. The molecule has 31 heavy (non-hydrogen) atoms. The number of oxime groups is 1. The van der Waals surface area contributed by atoms with Gasteiger partial charge in [0, 0.05) is 31.6 Å². The summed E-state index contributed by atoms with van der Waals surface area (Å²) in [5.74, 6) is 0.734. The van der Waals surface area contributed by atoms with Crippen molar-refractivity contribution in [3.8, 4) is 5.75 Å². The van der Waals surface area contributed by atoms with Gasteiger partial charge in [-0.3, -0.25) is 4.90 Å². The molecule has 0 radical (unpaired) electrons. The van der Waals surface area contributed by atoms with E-state index in [0.717, 1.165) is 42.9 Å². The van der Waals surface area contributed by atoms with Crippen molar-refractivity contribution >= 4 is 29.4 Å². The second kappa shape index (κ2) is 10.7. The molecule has 0 amide bonds. The van der Waals surface area contributed by atoms with Crippen molar-refractivity contribution in [1.29, 1.82) is 0 Å². The Hall–Kier alpha value is -2.53. The molecule has 1 unspecified atom stereocenters. The maximum Gasteiger partial charge on any atom is 0.141 e. The van der Waals surface area contributed by atoms with Crippen LogP contribution in [0.1, 0.15) is 23.1 Å². The van der Waals surface area contributed by atoms with Crippen LogP contribution in [0.25, 0.3) is 0 Å². The highest BCUT2D eigenvalue weighted by Gasteiger charge is 2.23. The molecule has 0 aromatic heterocycles. The lowest BCUT2D eigenvalue weighted by molar-refractivity contribution is 0.0656. The minimum atomic E-state index is 0.101. The van der Waals surface area contributed by atoms with E-state index in [2.05, 4.69) is 34.3 Å². The van der Waals surface area contributed by atoms with Gasteiger partial charge in [0.2, 0.25) is 0 Å². The number of ether oxygens (including phenoxy) is 1. The van der Waals surface area contributed by atoms with Crippen molar-refractivity contribution in [3.05, 3.63) is 99.5 Å². The van der Waals surface area contributed by atoms with Crippen LogP contribution >= 0.6 is 23.2 Å². The Morgan fingerprint density at radius 1 is 0.935 bits per heavy atom. The van der Waals surface area contributed by atoms with Crippen LogP contribution in [-0.2, 0) is 18.0 Å². The highest BCUT2D eigenvalue weighted by atomic mass is 35.5. The SMILES string of the molecule is Clc1ccc(COc2ccccc2/C=N/OC2CCN(Cc3ccccc3)C2)cc1Cl. The Labute approximate surface area is 193 Å². The van der Waals surface area contributed by atoms with Crippen LogP contribution in [-0.4, -0.2) is 30.3 Å². The van der Waals surface area contributed by atoms with Gasteiger partial charge in [-0.05, 0) is 35.4 Å². The van der Waals surface area contributed by atoms with E-state index in [9.17, 15) is 0 Å². The first kappa shape index (κ1) is 21.7. The van der Waals surface area contributed by atoms with Gasteiger partial charge in [0.1, 0.15) is 18.5 Å². The van der Waals surface area contributed by atoms with Crippen molar-refractivity contribution in [2.75, 3.05) is 13.1 Å². The van der Waals surface area contributed by atoms with E-state index in [-0.39, 0.29) is 6.10 Å². The second-order valence-corrected chi connectivity index (χ2v) is 8.36. The van der Waals surface area contributed by atoms with E-state index < -0.39 is 0 Å². The number of hydrogen-bond donors (Lipinski definition) is 0. The van der Waals surface area contributed by atoms with E-state index in [1.807, 2.05) is 42.5 Å². The van der Waals surface area contributed by atoms with Gasteiger partial charge >= 0.3 is 0 Å². The zero-order valence-corrected chi connectivity index (χ0v) is 18.6. The van der Waals surface area contributed by atoms with Gasteiger partial charge < -0.3 is 9.57 Å². The first-order chi connectivity index (χ1) is 15.2. The van der Waals surface area contributed by atoms with Crippen molar-refractivity contribution in [2.24, 2.45) is 5.16 Å². The predicted molar refractivity (Wildman–Crippen MR) is 126 cm³/mol. The van der Waals surface area contributed by atoms with Crippen molar-refractivity contribution in [3.63, 3.8) is 0 Å². The lowest BCUT2D eigenvalue weighted by atomic mass is 10.2. The van der Waals surface area contributed by atoms with Crippen molar-refractivity contribution < 1.29 is 9.57 Å². The lowest BCUT2D eigenvalue weighted by Gasteiger charge is -2.15. The maximum absolute atomic E-state index is 6.08. The molecular weight excluding hydrogens is 431 g/mol. The molecule has 160 valence electrons. The molecule has 0 saturated carbocycles. The molecule has 1 aliphatic rings. The molecule has 0 aliphatic carbocycles. The van der Waals surface area contributed by atoms with Crippen LogP contribution in [0, 0.1) is 0 Å². The minimum Gasteiger partial charge on any atom is -0.488 e. The topological polar surface area (TPSA) is 34.1 Å². The first-order valence-corrected chi connectivity index (χ1v) is 11.0. The van der Waals surface area contributed by atoms with Crippen molar-refractivity contribution in [1.82, 2.24) is 4.90 Å². The molecule has 3 aromatic carbocycles. The fraction of sp³-hybridized carbons (Fsp3) is 0.240. The fourth-order valence-electron chi connectivity index (χ4n) is 3.55. The van der Waals surface area contributed by atoms with Gasteiger partial charge in [0.05, 0.1) is 16.3 Å². The Morgan fingerprint density at radius 2 is 1.74 bits per heavy atom. The Kier molecular flexibility index (Phi) is 7.47. The summed E-state index contributed by atoms with van der Waals surface area (Å²) in [7, 11) is 0. The molecule has 0 N–H and O–H groups in total. The van der Waals surface area contributed by atoms with Gasteiger partial charge in [-0.15, -0.1) is 0 Å². The number of halogens is 2. The Balaban J connectivity index is 1.30. The summed E-state index contributed by atoms with van der Waals surface area (Å²) in [4.78, 5) is 8.15. The number of likely N-dealkylation sites (tertiary alicyclic amines) is 1. The summed E-state index contributed by atoms with van der Waals surface area (Å²) in [6, 6.07) is 23.7. The van der Waals surface area contributed by atoms with E-state index >= 15 is 0 Å². The zero-order chi connectivity index (χ0) is 21.5. The molecule has 1 fully saturated rings. The monoisotopic (exact) mass is 454 g/mol. The standard InChI is InChI=1S/C25H24Cl2N2O2/c26-23-11-10-20(14-24(23)27)18-30-25-9-5-4-8-21(25)15-28-31-22-12-13-29(17-22)16-19-6-2-1-3-7-19/h1-11,14-15,22H,12-13,16-18H2/b28-15+. The molecule has 1 saturated heterocycles. The number of hydrogen-bond acceptors (Lipinski definition) is 4. The smallest absolute Gasteiger partial charge is 0.141 e. The summed E-state index contributed by atoms with van der Waals surface area (Å²) in [5, 5.41) is 5.29. The molecule has 1 atom stereocenters. The molecule has 3 aromatic rings. The summed E-state index contributed by atoms with van der Waals surface area (Å²) < 4.78 is 5.97. The van der Waals surface area contributed by atoms with Crippen LogP contribution in [0.15, 0.2) is 78.0 Å². The summed E-state index contributed by atoms with van der Waals surface area (Å²) in [6.45, 7) is 3.22. The van der Waals surface area contributed by atoms with E-state index in [0.29, 0.717) is 16.7 Å². The summed E-state index contributed by atoms with van der Waals surface area (Å²) in [6.07, 6.45) is 2.79. The summed E-state index contributed by atoms with van der Waals surface area (Å²) in [5.41, 5.74) is 3.13. The van der Waals surface area contributed by atoms with Gasteiger partial charge in [0.25, 0.3) is 0 Å². The average Bonchev–Trinajstić information content (AvgIpc) is 3.23. The van der Waals surface area contributed by atoms with Gasteiger partial charge in [0.15, 0.2) is 0 Å². The highest BCUT2D eigenvalue weighted by molar-refractivity contribution is 6.42. The minimum absolute atomic E-state index is 0.101. The quantitative estimate of drug-likeness (QED) is 0.300. The van der Waals surface area contributed by atoms with Crippen molar-refractivity contribution in [2.45, 2.75) is 25.7 Å². The van der Waals surface area contributed by atoms with Gasteiger partial charge in [-0.1, -0.05) is 76.9 Å². The Bertz CT molecular complexity index is 1030. The van der Waals surface area contributed by atoms with Crippen LogP contribution < -0.4 is 4.74 Å². The molecule has 4 nitrogen and oxygen atoms in total. The van der Waals surface area contributed by atoms with Crippen LogP contribution in [0.3, 0.4) is 0 Å². The molecule has 0 bridgehead atoms. The zero-order valence-electron chi connectivity index (χ0n) is 17.1. The van der Waals surface area contributed by atoms with Crippen LogP contribution in [0.4, 0.5) is 0 Å². The van der Waals surface area contributed by atoms with Crippen LogP contribution in [0.5, 0.6) is 5.75 Å². The van der Waals surface area contributed by atoms with Gasteiger partial charge in [-0.2, -0.15) is 0 Å². The molecule has 4 rings (SSSR count). The van der Waals surface area contributed by atoms with E-state index in [1.165, 1.54) is 5.56 Å². The average molecular weight is 455 g/mol. The second-order valence-electron chi connectivity index (χ2n) is 7.55. The third-order valence-electron chi connectivity index (χ3n) is 5.18. The Morgan fingerprint density at radius 3 is 2.58 bits per heavy atom. The highest BCUT2D eigenvalue weighted by Crippen LogP contribution is 2.24. The van der Waals surface area contributed by atoms with Gasteiger partial charge in [-0.25, -0.2) is 0 Å². The predicted octanol–water partition coefficient (Wildman–Crippen LogP) is 6.20. The van der Waals surface area contributed by atoms with E-state index in [4.69, 9.17) is 32.8 Å². The third kappa shape index (κ3) is 6.23. The van der Waals surface area contributed by atoms with E-state index in [1.54, 1.807) is 12.3 Å². The largest absolute Gasteiger partial charge is 0.488 e.